The van der Waals surface area contributed by atoms with Gasteiger partial charge in [-0.1, -0.05) is 82.7 Å². The molecule has 2 nitrogen and oxygen atoms in total. The third-order valence-electron chi connectivity index (χ3n) is 4.80. The van der Waals surface area contributed by atoms with Gasteiger partial charge in [0.15, 0.2) is 0 Å². The Morgan fingerprint density at radius 3 is 1.87 bits per heavy atom. The first-order valence-corrected chi connectivity index (χ1v) is 9.56. The summed E-state index contributed by atoms with van der Waals surface area (Å²) in [6.45, 7) is 4.40. The van der Waals surface area contributed by atoms with Gasteiger partial charge in [0.2, 0.25) is 0 Å². The van der Waals surface area contributed by atoms with Crippen molar-refractivity contribution in [1.29, 1.82) is 0 Å². The number of aliphatic hydroxyl groups excluding tert-OH is 1. The van der Waals surface area contributed by atoms with E-state index in [2.05, 4.69) is 13.8 Å². The summed E-state index contributed by atoms with van der Waals surface area (Å²) in [6.07, 6.45) is 10.8. The van der Waals surface area contributed by atoms with Crippen molar-refractivity contribution in [2.24, 2.45) is 0 Å². The Bertz CT molecular complexity index is 378. The second-order valence-electron chi connectivity index (χ2n) is 6.96. The molecule has 0 unspecified atom stereocenters. The first kappa shape index (κ1) is 20.2. The van der Waals surface area contributed by atoms with Crippen LogP contribution in [-0.2, 0) is 0 Å². The van der Waals surface area contributed by atoms with Gasteiger partial charge in [0.05, 0.1) is 11.7 Å². The summed E-state index contributed by atoms with van der Waals surface area (Å²) in [4.78, 5) is 0. The van der Waals surface area contributed by atoms with E-state index in [1.807, 2.05) is 30.3 Å². The van der Waals surface area contributed by atoms with Gasteiger partial charge in [0.25, 0.3) is 0 Å². The largest absolute Gasteiger partial charge is 0.390 e. The van der Waals surface area contributed by atoms with Crippen LogP contribution in [0.25, 0.3) is 0 Å². The van der Waals surface area contributed by atoms with Crippen LogP contribution in [0.2, 0.25) is 0 Å². The second-order valence-corrected chi connectivity index (χ2v) is 6.96. The fourth-order valence-corrected chi connectivity index (χ4v) is 3.25. The zero-order chi connectivity index (χ0) is 17.0. The third-order valence-corrected chi connectivity index (χ3v) is 4.80. The second kappa shape index (κ2) is 11.6. The summed E-state index contributed by atoms with van der Waals surface area (Å²) in [5.74, 6) is 0. The number of hydrogen-bond acceptors (Lipinski definition) is 2. The van der Waals surface area contributed by atoms with E-state index in [1.54, 1.807) is 0 Å². The average molecular weight is 321 g/mol. The Morgan fingerprint density at radius 2 is 1.35 bits per heavy atom. The molecule has 1 atom stereocenters. The predicted octanol–water partition coefficient (Wildman–Crippen LogP) is 5.78. The highest BCUT2D eigenvalue weighted by Gasteiger charge is 2.25. The standard InChI is InChI=1S/C21H36O2/c1-3-5-10-16-21(23,17-11-6-4-2)18-12-15-20(22)19-13-8-7-9-14-19/h7-9,13-14,20,22-23H,3-6,10-12,15-18H2,1-2H3/t20-/m1/s1. The first-order chi connectivity index (χ1) is 11.1. The molecule has 0 aromatic heterocycles. The highest BCUT2D eigenvalue weighted by molar-refractivity contribution is 5.17. The molecule has 1 aromatic rings. The molecular formula is C21H36O2. The Labute approximate surface area is 142 Å². The van der Waals surface area contributed by atoms with Crippen LogP contribution >= 0.6 is 0 Å². The molecule has 1 rings (SSSR count). The number of aliphatic hydroxyl groups is 2. The predicted molar refractivity (Wildman–Crippen MR) is 98.5 cm³/mol. The topological polar surface area (TPSA) is 40.5 Å². The Kier molecular flexibility index (Phi) is 10.2. The third kappa shape index (κ3) is 8.53. The molecule has 0 saturated carbocycles. The molecule has 0 aliphatic carbocycles. The van der Waals surface area contributed by atoms with E-state index in [4.69, 9.17) is 0 Å². The maximum Gasteiger partial charge on any atom is 0.0790 e. The molecule has 0 fully saturated rings. The zero-order valence-electron chi connectivity index (χ0n) is 15.1. The molecule has 0 amide bonds. The molecule has 1 aromatic carbocycles. The van der Waals surface area contributed by atoms with Gasteiger partial charge in [-0.15, -0.1) is 0 Å². The summed E-state index contributed by atoms with van der Waals surface area (Å²) < 4.78 is 0. The fraction of sp³-hybridized carbons (Fsp3) is 0.714. The summed E-state index contributed by atoms with van der Waals surface area (Å²) in [7, 11) is 0. The van der Waals surface area contributed by atoms with E-state index in [0.29, 0.717) is 0 Å². The van der Waals surface area contributed by atoms with E-state index < -0.39 is 11.7 Å². The lowest BCUT2D eigenvalue weighted by atomic mass is 9.85. The van der Waals surface area contributed by atoms with Crippen LogP contribution in [0.15, 0.2) is 30.3 Å². The van der Waals surface area contributed by atoms with Crippen molar-refractivity contribution in [3.63, 3.8) is 0 Å². The van der Waals surface area contributed by atoms with Gasteiger partial charge < -0.3 is 10.2 Å². The molecule has 0 aliphatic heterocycles. The van der Waals surface area contributed by atoms with Crippen molar-refractivity contribution in [2.45, 2.75) is 96.2 Å². The van der Waals surface area contributed by atoms with E-state index in [1.165, 1.54) is 25.7 Å². The molecule has 0 aliphatic rings. The summed E-state index contributed by atoms with van der Waals surface area (Å²) in [6, 6.07) is 9.84. The minimum atomic E-state index is -0.527. The van der Waals surface area contributed by atoms with Gasteiger partial charge in [-0.2, -0.15) is 0 Å². The maximum absolute atomic E-state index is 11.0. The highest BCUT2D eigenvalue weighted by Crippen LogP contribution is 2.29. The van der Waals surface area contributed by atoms with Gasteiger partial charge in [-0.25, -0.2) is 0 Å². The van der Waals surface area contributed by atoms with E-state index in [0.717, 1.165) is 50.5 Å². The van der Waals surface area contributed by atoms with Crippen LogP contribution in [-0.4, -0.2) is 15.8 Å². The molecule has 2 N–H and O–H groups in total. The molecule has 0 radical (unpaired) electrons. The van der Waals surface area contributed by atoms with Crippen molar-refractivity contribution in [3.8, 4) is 0 Å². The molecular weight excluding hydrogens is 284 g/mol. The Morgan fingerprint density at radius 1 is 0.826 bits per heavy atom. The lowest BCUT2D eigenvalue weighted by Gasteiger charge is -2.29. The number of unbranched alkanes of at least 4 members (excludes halogenated alkanes) is 4. The molecule has 0 bridgehead atoms. The maximum atomic E-state index is 11.0. The van der Waals surface area contributed by atoms with Crippen LogP contribution < -0.4 is 0 Å². The molecule has 23 heavy (non-hydrogen) atoms. The number of hydrogen-bond donors (Lipinski definition) is 2. The van der Waals surface area contributed by atoms with Crippen LogP contribution in [0, 0.1) is 0 Å². The molecule has 2 heteroatoms. The van der Waals surface area contributed by atoms with Crippen molar-refractivity contribution >= 4 is 0 Å². The summed E-state index contributed by atoms with van der Waals surface area (Å²) in [5, 5.41) is 21.2. The minimum absolute atomic E-state index is 0.410. The van der Waals surface area contributed by atoms with Gasteiger partial charge in [-0.3, -0.25) is 0 Å². The molecule has 0 saturated heterocycles. The van der Waals surface area contributed by atoms with Gasteiger partial charge in [0.1, 0.15) is 0 Å². The molecule has 0 heterocycles. The SMILES string of the molecule is CCCCCC(O)(CCCCC)CCC[C@@H](O)c1ccccc1. The van der Waals surface area contributed by atoms with Crippen LogP contribution in [0.5, 0.6) is 0 Å². The lowest BCUT2D eigenvalue weighted by molar-refractivity contribution is 0.00436. The smallest absolute Gasteiger partial charge is 0.0790 e. The fourth-order valence-electron chi connectivity index (χ4n) is 3.25. The molecule has 132 valence electrons. The summed E-state index contributed by atoms with van der Waals surface area (Å²) >= 11 is 0. The first-order valence-electron chi connectivity index (χ1n) is 9.56. The lowest BCUT2D eigenvalue weighted by Crippen LogP contribution is -2.28. The van der Waals surface area contributed by atoms with Gasteiger partial charge >= 0.3 is 0 Å². The quantitative estimate of drug-likeness (QED) is 0.452. The van der Waals surface area contributed by atoms with Crippen LogP contribution in [0.1, 0.15) is 96.1 Å². The minimum Gasteiger partial charge on any atom is -0.390 e. The van der Waals surface area contributed by atoms with Gasteiger partial charge in [0, 0.05) is 0 Å². The van der Waals surface area contributed by atoms with Gasteiger partial charge in [-0.05, 0) is 37.7 Å². The Hall–Kier alpha value is -0.860. The summed E-state index contributed by atoms with van der Waals surface area (Å²) in [5.41, 5.74) is 0.453. The average Bonchev–Trinajstić information content (AvgIpc) is 2.56. The van der Waals surface area contributed by atoms with E-state index in [9.17, 15) is 10.2 Å². The Balaban J connectivity index is 2.42. The van der Waals surface area contributed by atoms with Crippen LogP contribution in [0.3, 0.4) is 0 Å². The number of benzene rings is 1. The zero-order valence-corrected chi connectivity index (χ0v) is 15.1. The van der Waals surface area contributed by atoms with Crippen molar-refractivity contribution in [2.75, 3.05) is 0 Å². The highest BCUT2D eigenvalue weighted by atomic mass is 16.3. The normalized spacial score (nSPS) is 13.2. The molecule has 0 spiro atoms. The number of rotatable bonds is 13. The van der Waals surface area contributed by atoms with E-state index >= 15 is 0 Å². The van der Waals surface area contributed by atoms with E-state index in [-0.39, 0.29) is 0 Å². The monoisotopic (exact) mass is 320 g/mol. The van der Waals surface area contributed by atoms with Crippen LogP contribution in [0.4, 0.5) is 0 Å². The van der Waals surface area contributed by atoms with Crippen molar-refractivity contribution in [3.05, 3.63) is 35.9 Å². The van der Waals surface area contributed by atoms with Crippen molar-refractivity contribution in [1.82, 2.24) is 0 Å². The van der Waals surface area contributed by atoms with Crippen molar-refractivity contribution < 1.29 is 10.2 Å².